The highest BCUT2D eigenvalue weighted by molar-refractivity contribution is 5.94. The van der Waals surface area contributed by atoms with Crippen LogP contribution in [0.1, 0.15) is 28.4 Å². The SMILES string of the molecule is CC(=O)Nc1cc(Oc2cccc(CCNC(=O)c3cccc(C)c3)c2)ccn1. The highest BCUT2D eigenvalue weighted by Gasteiger charge is 2.06. The molecule has 1 aromatic heterocycles. The number of hydrogen-bond acceptors (Lipinski definition) is 4. The van der Waals surface area contributed by atoms with E-state index in [9.17, 15) is 9.59 Å². The second kappa shape index (κ2) is 9.50. The van der Waals surface area contributed by atoms with Crippen LogP contribution in [-0.4, -0.2) is 23.3 Å². The van der Waals surface area contributed by atoms with Gasteiger partial charge >= 0.3 is 0 Å². The first kappa shape index (κ1) is 20.1. The van der Waals surface area contributed by atoms with Crippen LogP contribution in [0.25, 0.3) is 0 Å². The Morgan fingerprint density at radius 3 is 2.59 bits per heavy atom. The predicted octanol–water partition coefficient (Wildman–Crippen LogP) is 4.11. The largest absolute Gasteiger partial charge is 0.457 e. The summed E-state index contributed by atoms with van der Waals surface area (Å²) in [4.78, 5) is 27.5. The van der Waals surface area contributed by atoms with E-state index in [1.807, 2.05) is 49.4 Å². The Morgan fingerprint density at radius 2 is 1.79 bits per heavy atom. The second-order valence-electron chi connectivity index (χ2n) is 6.68. The smallest absolute Gasteiger partial charge is 0.251 e. The number of aromatic nitrogens is 1. The van der Waals surface area contributed by atoms with Gasteiger partial charge in [0.2, 0.25) is 5.91 Å². The zero-order chi connectivity index (χ0) is 20.6. The molecule has 2 N–H and O–H groups in total. The monoisotopic (exact) mass is 389 g/mol. The van der Waals surface area contributed by atoms with Gasteiger partial charge in [-0.25, -0.2) is 4.98 Å². The van der Waals surface area contributed by atoms with E-state index in [-0.39, 0.29) is 11.8 Å². The van der Waals surface area contributed by atoms with E-state index < -0.39 is 0 Å². The minimum absolute atomic E-state index is 0.0802. The van der Waals surface area contributed by atoms with Crippen LogP contribution in [0.2, 0.25) is 0 Å². The van der Waals surface area contributed by atoms with Gasteiger partial charge in [-0.2, -0.15) is 0 Å². The third kappa shape index (κ3) is 6.17. The van der Waals surface area contributed by atoms with Gasteiger partial charge in [0.25, 0.3) is 5.91 Å². The van der Waals surface area contributed by atoms with E-state index in [0.717, 1.165) is 11.1 Å². The van der Waals surface area contributed by atoms with Crippen LogP contribution in [0.5, 0.6) is 11.5 Å². The first-order valence-electron chi connectivity index (χ1n) is 9.35. The number of pyridine rings is 1. The topological polar surface area (TPSA) is 80.3 Å². The second-order valence-corrected chi connectivity index (χ2v) is 6.68. The van der Waals surface area contributed by atoms with Crippen molar-refractivity contribution >= 4 is 17.6 Å². The van der Waals surface area contributed by atoms with E-state index in [1.165, 1.54) is 6.92 Å². The molecule has 0 unspecified atom stereocenters. The van der Waals surface area contributed by atoms with Crippen LogP contribution in [0.15, 0.2) is 66.9 Å². The van der Waals surface area contributed by atoms with Crippen LogP contribution >= 0.6 is 0 Å². The molecule has 2 aromatic carbocycles. The molecular weight excluding hydrogens is 366 g/mol. The number of ether oxygens (including phenoxy) is 1. The number of nitrogens with one attached hydrogen (secondary N) is 2. The van der Waals surface area contributed by atoms with E-state index in [2.05, 4.69) is 15.6 Å². The van der Waals surface area contributed by atoms with Crippen molar-refractivity contribution < 1.29 is 14.3 Å². The number of rotatable bonds is 7. The first-order chi connectivity index (χ1) is 14.0. The Hall–Kier alpha value is -3.67. The van der Waals surface area contributed by atoms with E-state index in [4.69, 9.17) is 4.74 Å². The van der Waals surface area contributed by atoms with Crippen molar-refractivity contribution in [3.8, 4) is 11.5 Å². The molecule has 0 radical (unpaired) electrons. The van der Waals surface area contributed by atoms with Gasteiger partial charge in [0.15, 0.2) is 0 Å². The third-order valence-electron chi connectivity index (χ3n) is 4.15. The molecule has 0 saturated carbocycles. The highest BCUT2D eigenvalue weighted by Crippen LogP contribution is 2.24. The molecule has 148 valence electrons. The van der Waals surface area contributed by atoms with Crippen molar-refractivity contribution in [2.24, 2.45) is 0 Å². The average molecular weight is 389 g/mol. The van der Waals surface area contributed by atoms with Crippen molar-refractivity contribution in [2.45, 2.75) is 20.3 Å². The number of hydrogen-bond donors (Lipinski definition) is 2. The number of amides is 2. The number of carbonyl (C=O) groups excluding carboxylic acids is 2. The van der Waals surface area contributed by atoms with Crippen LogP contribution in [0, 0.1) is 6.92 Å². The fourth-order valence-corrected chi connectivity index (χ4v) is 2.83. The van der Waals surface area contributed by atoms with Crippen molar-refractivity contribution in [1.29, 1.82) is 0 Å². The summed E-state index contributed by atoms with van der Waals surface area (Å²) >= 11 is 0. The van der Waals surface area contributed by atoms with Crippen LogP contribution in [0.3, 0.4) is 0 Å². The van der Waals surface area contributed by atoms with Crippen molar-refractivity contribution in [2.75, 3.05) is 11.9 Å². The molecule has 0 spiro atoms. The summed E-state index contributed by atoms with van der Waals surface area (Å²) in [6.45, 7) is 3.92. The quantitative estimate of drug-likeness (QED) is 0.637. The summed E-state index contributed by atoms with van der Waals surface area (Å²) in [6.07, 6.45) is 2.26. The molecular formula is C23H23N3O3. The summed E-state index contributed by atoms with van der Waals surface area (Å²) in [7, 11) is 0. The van der Waals surface area contributed by atoms with E-state index >= 15 is 0 Å². The number of benzene rings is 2. The van der Waals surface area contributed by atoms with Crippen LogP contribution in [-0.2, 0) is 11.2 Å². The first-order valence-corrected chi connectivity index (χ1v) is 9.35. The molecule has 3 rings (SSSR count). The Balaban J connectivity index is 1.57. The third-order valence-corrected chi connectivity index (χ3v) is 4.15. The van der Waals surface area contributed by atoms with Crippen LogP contribution < -0.4 is 15.4 Å². The predicted molar refractivity (Wildman–Crippen MR) is 112 cm³/mol. The maximum Gasteiger partial charge on any atom is 0.251 e. The molecule has 0 bridgehead atoms. The number of carbonyl (C=O) groups is 2. The summed E-state index contributed by atoms with van der Waals surface area (Å²) in [5.74, 6) is 1.42. The van der Waals surface area contributed by atoms with Gasteiger partial charge in [0.1, 0.15) is 17.3 Å². The van der Waals surface area contributed by atoms with Gasteiger partial charge in [-0.05, 0) is 49.2 Å². The van der Waals surface area contributed by atoms with Crippen molar-refractivity contribution in [1.82, 2.24) is 10.3 Å². The molecule has 1 heterocycles. The van der Waals surface area contributed by atoms with Crippen molar-refractivity contribution in [3.05, 3.63) is 83.6 Å². The Bertz CT molecular complexity index is 1020. The van der Waals surface area contributed by atoms with Gasteiger partial charge < -0.3 is 15.4 Å². The Morgan fingerprint density at radius 1 is 1.00 bits per heavy atom. The molecule has 0 atom stereocenters. The number of nitrogens with zero attached hydrogens (tertiary/aromatic N) is 1. The van der Waals surface area contributed by atoms with Gasteiger partial charge in [-0.15, -0.1) is 0 Å². The molecule has 2 amide bonds. The Labute approximate surface area is 169 Å². The molecule has 3 aromatic rings. The average Bonchev–Trinajstić information content (AvgIpc) is 2.68. The summed E-state index contributed by atoms with van der Waals surface area (Å²) in [5, 5.41) is 5.57. The maximum absolute atomic E-state index is 12.2. The molecule has 0 saturated heterocycles. The fraction of sp³-hybridized carbons (Fsp3) is 0.174. The Kier molecular flexibility index (Phi) is 6.58. The molecule has 0 aliphatic heterocycles. The molecule has 0 aliphatic carbocycles. The zero-order valence-electron chi connectivity index (χ0n) is 16.4. The van der Waals surface area contributed by atoms with Crippen molar-refractivity contribution in [3.63, 3.8) is 0 Å². The van der Waals surface area contributed by atoms with E-state index in [0.29, 0.717) is 35.8 Å². The van der Waals surface area contributed by atoms with Gasteiger partial charge in [0, 0.05) is 31.3 Å². The molecule has 29 heavy (non-hydrogen) atoms. The van der Waals surface area contributed by atoms with Crippen LogP contribution in [0.4, 0.5) is 5.82 Å². The fourth-order valence-electron chi connectivity index (χ4n) is 2.83. The summed E-state index contributed by atoms with van der Waals surface area (Å²) in [6, 6.07) is 18.6. The summed E-state index contributed by atoms with van der Waals surface area (Å²) in [5.41, 5.74) is 2.76. The molecule has 0 fully saturated rings. The minimum atomic E-state index is -0.190. The number of anilines is 1. The lowest BCUT2D eigenvalue weighted by atomic mass is 10.1. The number of aryl methyl sites for hydroxylation is 1. The molecule has 0 aliphatic rings. The molecule has 6 nitrogen and oxygen atoms in total. The minimum Gasteiger partial charge on any atom is -0.457 e. The molecule has 6 heteroatoms. The van der Waals surface area contributed by atoms with Gasteiger partial charge in [-0.1, -0.05) is 29.8 Å². The standard InChI is InChI=1S/C23H23N3O3/c1-16-5-3-7-19(13-16)23(28)25-11-9-18-6-4-8-20(14-18)29-21-10-12-24-22(15-21)26-17(2)27/h3-8,10,12-15H,9,11H2,1-2H3,(H,25,28)(H,24,26,27). The van der Waals surface area contributed by atoms with E-state index in [1.54, 1.807) is 24.4 Å². The zero-order valence-corrected chi connectivity index (χ0v) is 16.4. The highest BCUT2D eigenvalue weighted by atomic mass is 16.5. The maximum atomic E-state index is 12.2. The normalized spacial score (nSPS) is 10.3. The summed E-state index contributed by atoms with van der Waals surface area (Å²) < 4.78 is 5.87. The lowest BCUT2D eigenvalue weighted by Gasteiger charge is -2.10. The van der Waals surface area contributed by atoms with Gasteiger partial charge in [-0.3, -0.25) is 9.59 Å². The van der Waals surface area contributed by atoms with Gasteiger partial charge in [0.05, 0.1) is 0 Å². The lowest BCUT2D eigenvalue weighted by Crippen LogP contribution is -2.25. The lowest BCUT2D eigenvalue weighted by molar-refractivity contribution is -0.114.